The maximum Gasteiger partial charge on any atom is 0.337 e. The molecule has 0 fully saturated rings. The summed E-state index contributed by atoms with van der Waals surface area (Å²) in [7, 11) is 0. The Balaban J connectivity index is 2.97. The molecule has 0 radical (unpaired) electrons. The van der Waals surface area contributed by atoms with Crippen LogP contribution in [0.3, 0.4) is 0 Å². The summed E-state index contributed by atoms with van der Waals surface area (Å²) < 4.78 is 0. The molecule has 0 spiro atoms. The molecule has 1 aromatic rings. The van der Waals surface area contributed by atoms with Crippen LogP contribution in [0.2, 0.25) is 10.0 Å². The van der Waals surface area contributed by atoms with Crippen molar-refractivity contribution in [3.63, 3.8) is 0 Å². The molecule has 4 N–H and O–H groups in total. The molecule has 0 unspecified atom stereocenters. The van der Waals surface area contributed by atoms with Gasteiger partial charge < -0.3 is 16.2 Å². The first kappa shape index (κ1) is 17.1. The van der Waals surface area contributed by atoms with Crippen LogP contribution in [0.25, 0.3) is 0 Å². The zero-order valence-corrected chi connectivity index (χ0v) is 13.0. The van der Waals surface area contributed by atoms with Gasteiger partial charge >= 0.3 is 5.97 Å². The Morgan fingerprint density at radius 3 is 2.65 bits per heavy atom. The summed E-state index contributed by atoms with van der Waals surface area (Å²) >= 11 is 13.2. The van der Waals surface area contributed by atoms with Crippen LogP contribution in [0.15, 0.2) is 12.1 Å². The lowest BCUT2D eigenvalue weighted by Crippen LogP contribution is -2.36. The zero-order chi connectivity index (χ0) is 15.3. The number of hydrogen-bond donors (Lipinski definition) is 3. The first-order valence-corrected chi connectivity index (χ1v) is 7.79. The third-order valence-corrected chi connectivity index (χ3v) is 3.66. The van der Waals surface area contributed by atoms with E-state index in [-0.39, 0.29) is 21.3 Å². The number of nitrogens with one attached hydrogen (secondary N) is 1. The molecule has 1 atom stereocenters. The summed E-state index contributed by atoms with van der Waals surface area (Å²) in [6, 6.07) is 1.85. The van der Waals surface area contributed by atoms with E-state index in [1.54, 1.807) is 11.8 Å². The van der Waals surface area contributed by atoms with Gasteiger partial charge in [-0.25, -0.2) is 4.79 Å². The van der Waals surface area contributed by atoms with Gasteiger partial charge in [-0.05, 0) is 30.6 Å². The number of carboxylic acid groups (broad SMARTS) is 1. The fourth-order valence-electron chi connectivity index (χ4n) is 1.46. The molecule has 0 aliphatic rings. The monoisotopic (exact) mass is 336 g/mol. The van der Waals surface area contributed by atoms with Crippen molar-refractivity contribution in [3.8, 4) is 0 Å². The minimum atomic E-state index is -1.23. The number of hydrogen-bond acceptors (Lipinski definition) is 4. The number of anilines is 1. The van der Waals surface area contributed by atoms with Crippen LogP contribution in [0.5, 0.6) is 0 Å². The molecule has 1 rings (SSSR count). The van der Waals surface area contributed by atoms with Crippen LogP contribution in [0.4, 0.5) is 5.69 Å². The number of benzene rings is 1. The number of carbonyl (C=O) groups excluding carboxylic acids is 1. The molecular weight excluding hydrogens is 323 g/mol. The minimum absolute atomic E-state index is 0.00756. The average molecular weight is 337 g/mol. The van der Waals surface area contributed by atoms with Gasteiger partial charge in [-0.1, -0.05) is 23.2 Å². The van der Waals surface area contributed by atoms with Crippen molar-refractivity contribution in [2.45, 2.75) is 12.5 Å². The third-order valence-electron chi connectivity index (χ3n) is 2.50. The van der Waals surface area contributed by atoms with Crippen molar-refractivity contribution in [3.05, 3.63) is 27.7 Å². The molecule has 1 amide bonds. The Hall–Kier alpha value is -0.950. The van der Waals surface area contributed by atoms with E-state index in [0.717, 1.165) is 5.75 Å². The maximum atomic E-state index is 11.9. The number of halogens is 2. The summed E-state index contributed by atoms with van der Waals surface area (Å²) in [6.45, 7) is 0. The Labute approximate surface area is 130 Å². The maximum absolute atomic E-state index is 11.9. The smallest absolute Gasteiger partial charge is 0.337 e. The van der Waals surface area contributed by atoms with Gasteiger partial charge in [-0.2, -0.15) is 11.8 Å². The molecule has 0 aliphatic carbocycles. The Kier molecular flexibility index (Phi) is 6.61. The van der Waals surface area contributed by atoms with E-state index in [0.29, 0.717) is 6.42 Å². The van der Waals surface area contributed by atoms with Gasteiger partial charge in [0.25, 0.3) is 0 Å². The number of rotatable bonds is 6. The Bertz CT molecular complexity index is 526. The van der Waals surface area contributed by atoms with Gasteiger partial charge in [0, 0.05) is 5.02 Å². The largest absolute Gasteiger partial charge is 0.478 e. The van der Waals surface area contributed by atoms with E-state index in [4.69, 9.17) is 34.0 Å². The van der Waals surface area contributed by atoms with Crippen LogP contribution in [0.1, 0.15) is 16.8 Å². The lowest BCUT2D eigenvalue weighted by molar-refractivity contribution is -0.117. The van der Waals surface area contributed by atoms with Crippen LogP contribution in [0, 0.1) is 0 Å². The van der Waals surface area contributed by atoms with Gasteiger partial charge in [-0.15, -0.1) is 0 Å². The number of aromatic carboxylic acids is 1. The normalized spacial score (nSPS) is 12.0. The lowest BCUT2D eigenvalue weighted by Gasteiger charge is -2.14. The minimum Gasteiger partial charge on any atom is -0.478 e. The molecule has 0 aromatic heterocycles. The molecule has 110 valence electrons. The predicted molar refractivity (Wildman–Crippen MR) is 83.0 cm³/mol. The number of carbonyl (C=O) groups is 2. The second-order valence-electron chi connectivity index (χ2n) is 3.99. The number of carboxylic acids is 1. The molecule has 20 heavy (non-hydrogen) atoms. The van der Waals surface area contributed by atoms with Crippen LogP contribution in [-0.2, 0) is 4.79 Å². The lowest BCUT2D eigenvalue weighted by atomic mass is 10.1. The van der Waals surface area contributed by atoms with Crippen LogP contribution < -0.4 is 11.1 Å². The van der Waals surface area contributed by atoms with E-state index in [1.807, 2.05) is 6.26 Å². The summed E-state index contributed by atoms with van der Waals surface area (Å²) in [5.41, 5.74) is 5.55. The summed E-state index contributed by atoms with van der Waals surface area (Å²) in [5, 5.41) is 11.8. The quantitative estimate of drug-likeness (QED) is 0.742. The second kappa shape index (κ2) is 7.73. The molecule has 0 heterocycles. The van der Waals surface area contributed by atoms with Gasteiger partial charge in [0.05, 0.1) is 22.3 Å². The molecule has 8 heteroatoms. The predicted octanol–water partition coefficient (Wildman–Crippen LogP) is 2.71. The van der Waals surface area contributed by atoms with E-state index < -0.39 is 17.9 Å². The van der Waals surface area contributed by atoms with E-state index in [2.05, 4.69) is 5.32 Å². The highest BCUT2D eigenvalue weighted by molar-refractivity contribution is 7.98. The summed E-state index contributed by atoms with van der Waals surface area (Å²) in [5.74, 6) is -0.984. The molecule has 0 saturated carbocycles. The molecule has 0 aliphatic heterocycles. The van der Waals surface area contributed by atoms with Crippen molar-refractivity contribution < 1.29 is 14.7 Å². The fraction of sp³-hybridized carbons (Fsp3) is 0.333. The van der Waals surface area contributed by atoms with Crippen LogP contribution in [-0.4, -0.2) is 35.0 Å². The van der Waals surface area contributed by atoms with Crippen molar-refractivity contribution in [2.75, 3.05) is 17.3 Å². The highest BCUT2D eigenvalue weighted by Crippen LogP contribution is 2.30. The highest BCUT2D eigenvalue weighted by Gasteiger charge is 2.20. The average Bonchev–Trinajstić information content (AvgIpc) is 2.38. The number of nitrogens with two attached hydrogens (primary N) is 1. The van der Waals surface area contributed by atoms with Crippen LogP contribution >= 0.6 is 35.0 Å². The molecule has 0 saturated heterocycles. The Morgan fingerprint density at radius 1 is 1.45 bits per heavy atom. The molecule has 1 aromatic carbocycles. The van der Waals surface area contributed by atoms with Crippen molar-refractivity contribution in [2.24, 2.45) is 5.73 Å². The molecule has 0 bridgehead atoms. The van der Waals surface area contributed by atoms with Crippen molar-refractivity contribution in [1.82, 2.24) is 0 Å². The summed E-state index contributed by atoms with van der Waals surface area (Å²) in [6.07, 6.45) is 2.39. The Morgan fingerprint density at radius 2 is 2.10 bits per heavy atom. The van der Waals surface area contributed by atoms with Crippen molar-refractivity contribution >= 4 is 52.5 Å². The topological polar surface area (TPSA) is 92.4 Å². The SMILES string of the molecule is CSCC[C@@H](N)C(=O)Nc1c(Cl)cc(Cl)cc1C(=O)O. The van der Waals surface area contributed by atoms with E-state index in [9.17, 15) is 9.59 Å². The fourth-order valence-corrected chi connectivity index (χ4v) is 2.49. The zero-order valence-electron chi connectivity index (χ0n) is 10.7. The van der Waals surface area contributed by atoms with E-state index >= 15 is 0 Å². The second-order valence-corrected chi connectivity index (χ2v) is 5.82. The van der Waals surface area contributed by atoms with Gasteiger partial charge in [0.1, 0.15) is 0 Å². The summed E-state index contributed by atoms with van der Waals surface area (Å²) in [4.78, 5) is 23.0. The van der Waals surface area contributed by atoms with Crippen molar-refractivity contribution in [1.29, 1.82) is 0 Å². The molecular formula is C12H14Cl2N2O3S. The highest BCUT2D eigenvalue weighted by atomic mass is 35.5. The molecule has 5 nitrogen and oxygen atoms in total. The number of amides is 1. The van der Waals surface area contributed by atoms with E-state index in [1.165, 1.54) is 12.1 Å². The van der Waals surface area contributed by atoms with Gasteiger partial charge in [0.15, 0.2) is 0 Å². The third kappa shape index (κ3) is 4.56. The first-order chi connectivity index (χ1) is 9.36. The van der Waals surface area contributed by atoms with Gasteiger partial charge in [0.2, 0.25) is 5.91 Å². The van der Waals surface area contributed by atoms with Gasteiger partial charge in [-0.3, -0.25) is 4.79 Å². The standard InChI is InChI=1S/C12H14Cl2N2O3S/c1-20-3-2-9(15)11(17)16-10-7(12(18)19)4-6(13)5-8(10)14/h4-5,9H,2-3,15H2,1H3,(H,16,17)(H,18,19)/t9-/m1/s1. The number of thioether (sulfide) groups is 1. The first-order valence-electron chi connectivity index (χ1n) is 5.64.